The SMILES string of the molecule is COc1ccc(CC(=O)N=c2sc3cccc(Br)c3n2C)cc1. The fraction of sp³-hybridized carbons (Fsp3) is 0.176. The van der Waals surface area contributed by atoms with Crippen LogP contribution < -0.4 is 9.54 Å². The number of ether oxygens (including phenoxy) is 1. The third kappa shape index (κ3) is 3.38. The van der Waals surface area contributed by atoms with E-state index in [2.05, 4.69) is 20.9 Å². The van der Waals surface area contributed by atoms with Crippen molar-refractivity contribution < 1.29 is 9.53 Å². The Balaban J connectivity index is 1.90. The molecule has 1 aromatic heterocycles. The lowest BCUT2D eigenvalue weighted by atomic mass is 10.1. The molecule has 0 spiro atoms. The smallest absolute Gasteiger partial charge is 0.252 e. The van der Waals surface area contributed by atoms with Crippen molar-refractivity contribution in [2.45, 2.75) is 6.42 Å². The highest BCUT2D eigenvalue weighted by Crippen LogP contribution is 2.24. The number of thiazole rings is 1. The van der Waals surface area contributed by atoms with Crippen LogP contribution in [0.3, 0.4) is 0 Å². The molecule has 0 bridgehead atoms. The second-order valence-corrected chi connectivity index (χ2v) is 6.92. The van der Waals surface area contributed by atoms with E-state index in [1.54, 1.807) is 7.11 Å². The van der Waals surface area contributed by atoms with Crippen LogP contribution in [0.5, 0.6) is 5.75 Å². The number of benzene rings is 2. The second kappa shape index (κ2) is 6.68. The minimum Gasteiger partial charge on any atom is -0.497 e. The summed E-state index contributed by atoms with van der Waals surface area (Å²) in [6.07, 6.45) is 0.277. The molecule has 0 N–H and O–H groups in total. The average molecular weight is 391 g/mol. The minimum atomic E-state index is -0.159. The molecular formula is C17H15BrN2O2S. The minimum absolute atomic E-state index is 0.159. The topological polar surface area (TPSA) is 43.6 Å². The first-order valence-electron chi connectivity index (χ1n) is 7.03. The molecule has 2 aromatic carbocycles. The number of carbonyl (C=O) groups excluding carboxylic acids is 1. The molecule has 0 atom stereocenters. The number of hydrogen-bond acceptors (Lipinski definition) is 3. The molecule has 3 aromatic rings. The van der Waals surface area contributed by atoms with Crippen LogP contribution >= 0.6 is 27.3 Å². The Bertz CT molecular complexity index is 926. The summed E-state index contributed by atoms with van der Waals surface area (Å²) in [7, 11) is 3.54. The standard InChI is InChI=1S/C17H15BrN2O2S/c1-20-16-13(18)4-3-5-14(16)23-17(20)19-15(21)10-11-6-8-12(22-2)9-7-11/h3-9H,10H2,1-2H3. The van der Waals surface area contributed by atoms with Gasteiger partial charge in [0.05, 0.1) is 23.7 Å². The Morgan fingerprint density at radius 1 is 1.26 bits per heavy atom. The number of carbonyl (C=O) groups is 1. The molecular weight excluding hydrogens is 376 g/mol. The van der Waals surface area contributed by atoms with E-state index in [1.807, 2.05) is 54.1 Å². The number of methoxy groups -OCH3 is 1. The lowest BCUT2D eigenvalue weighted by Crippen LogP contribution is -2.14. The van der Waals surface area contributed by atoms with E-state index in [0.29, 0.717) is 4.80 Å². The lowest BCUT2D eigenvalue weighted by molar-refractivity contribution is -0.117. The van der Waals surface area contributed by atoms with Crippen molar-refractivity contribution in [1.82, 2.24) is 4.57 Å². The van der Waals surface area contributed by atoms with Crippen molar-refractivity contribution in [3.63, 3.8) is 0 Å². The van der Waals surface area contributed by atoms with Crippen molar-refractivity contribution >= 4 is 43.4 Å². The Morgan fingerprint density at radius 3 is 2.65 bits per heavy atom. The molecule has 0 radical (unpaired) electrons. The van der Waals surface area contributed by atoms with Crippen molar-refractivity contribution in [2.24, 2.45) is 12.0 Å². The number of aromatic nitrogens is 1. The van der Waals surface area contributed by atoms with Gasteiger partial charge in [-0.25, -0.2) is 0 Å². The number of rotatable bonds is 3. The van der Waals surface area contributed by atoms with Crippen molar-refractivity contribution in [3.8, 4) is 5.75 Å². The largest absolute Gasteiger partial charge is 0.497 e. The first kappa shape index (κ1) is 16.0. The van der Waals surface area contributed by atoms with E-state index in [0.717, 1.165) is 26.0 Å². The van der Waals surface area contributed by atoms with Crippen LogP contribution in [-0.2, 0) is 18.3 Å². The van der Waals surface area contributed by atoms with E-state index < -0.39 is 0 Å². The van der Waals surface area contributed by atoms with Crippen LogP contribution in [0.15, 0.2) is 51.9 Å². The fourth-order valence-electron chi connectivity index (χ4n) is 2.33. The number of amides is 1. The van der Waals surface area contributed by atoms with Gasteiger partial charge in [0.2, 0.25) is 0 Å². The fourth-order valence-corrected chi connectivity index (χ4v) is 4.15. The second-order valence-electron chi connectivity index (χ2n) is 5.06. The van der Waals surface area contributed by atoms with Crippen LogP contribution in [0.1, 0.15) is 5.56 Å². The summed E-state index contributed by atoms with van der Waals surface area (Å²) in [6.45, 7) is 0. The molecule has 118 valence electrons. The Kier molecular flexibility index (Phi) is 4.63. The third-order valence-electron chi connectivity index (χ3n) is 3.51. The van der Waals surface area contributed by atoms with Gasteiger partial charge in [-0.3, -0.25) is 4.79 Å². The molecule has 1 amide bonds. The number of para-hydroxylation sites is 1. The molecule has 0 unspecified atom stereocenters. The number of nitrogens with zero attached hydrogens (tertiary/aromatic N) is 2. The number of fused-ring (bicyclic) bond motifs is 1. The highest BCUT2D eigenvalue weighted by Gasteiger charge is 2.08. The molecule has 1 heterocycles. The highest BCUT2D eigenvalue weighted by molar-refractivity contribution is 9.10. The van der Waals surface area contributed by atoms with Crippen LogP contribution in [0.4, 0.5) is 0 Å². The first-order valence-corrected chi connectivity index (χ1v) is 8.64. The van der Waals surface area contributed by atoms with E-state index in [4.69, 9.17) is 4.74 Å². The Hall–Kier alpha value is -1.92. The number of aryl methyl sites for hydroxylation is 1. The quantitative estimate of drug-likeness (QED) is 0.684. The average Bonchev–Trinajstić information content (AvgIpc) is 2.85. The predicted molar refractivity (Wildman–Crippen MR) is 95.8 cm³/mol. The molecule has 0 saturated carbocycles. The molecule has 0 saturated heterocycles. The maximum Gasteiger partial charge on any atom is 0.252 e. The summed E-state index contributed by atoms with van der Waals surface area (Å²) in [5.74, 6) is 0.618. The van der Waals surface area contributed by atoms with Crippen molar-refractivity contribution in [1.29, 1.82) is 0 Å². The molecule has 0 aliphatic carbocycles. The van der Waals surface area contributed by atoms with Gasteiger partial charge in [-0.1, -0.05) is 29.5 Å². The summed E-state index contributed by atoms with van der Waals surface area (Å²) < 4.78 is 9.15. The molecule has 6 heteroatoms. The van der Waals surface area contributed by atoms with Crippen LogP contribution in [0, 0.1) is 0 Å². The summed E-state index contributed by atoms with van der Waals surface area (Å²) in [6, 6.07) is 13.4. The Labute approximate surface area is 146 Å². The molecule has 0 fully saturated rings. The first-order chi connectivity index (χ1) is 11.1. The summed E-state index contributed by atoms with van der Waals surface area (Å²) in [5, 5.41) is 0. The molecule has 0 aliphatic rings. The normalized spacial score (nSPS) is 11.9. The van der Waals surface area contributed by atoms with Gasteiger partial charge in [-0.15, -0.1) is 0 Å². The van der Waals surface area contributed by atoms with E-state index in [9.17, 15) is 4.79 Å². The predicted octanol–water partition coefficient (Wildman–Crippen LogP) is 3.68. The third-order valence-corrected chi connectivity index (χ3v) is 5.25. The van der Waals surface area contributed by atoms with Crippen LogP contribution in [0.25, 0.3) is 10.2 Å². The van der Waals surface area contributed by atoms with Crippen molar-refractivity contribution in [3.05, 3.63) is 57.3 Å². The van der Waals surface area contributed by atoms with Gasteiger partial charge in [0.15, 0.2) is 4.80 Å². The van der Waals surface area contributed by atoms with Gasteiger partial charge in [0.1, 0.15) is 5.75 Å². The van der Waals surface area contributed by atoms with Gasteiger partial charge < -0.3 is 9.30 Å². The lowest BCUT2D eigenvalue weighted by Gasteiger charge is -2.01. The highest BCUT2D eigenvalue weighted by atomic mass is 79.9. The zero-order valence-electron chi connectivity index (χ0n) is 12.7. The summed E-state index contributed by atoms with van der Waals surface area (Å²) in [5.41, 5.74) is 1.97. The number of hydrogen-bond donors (Lipinski definition) is 0. The van der Waals surface area contributed by atoms with Gasteiger partial charge in [-0.2, -0.15) is 4.99 Å². The summed E-state index contributed by atoms with van der Waals surface area (Å²) in [4.78, 5) is 17.2. The molecule has 4 nitrogen and oxygen atoms in total. The van der Waals surface area contributed by atoms with Gasteiger partial charge in [0.25, 0.3) is 5.91 Å². The van der Waals surface area contributed by atoms with Crippen LogP contribution in [0.2, 0.25) is 0 Å². The van der Waals surface area contributed by atoms with E-state index >= 15 is 0 Å². The molecule has 23 heavy (non-hydrogen) atoms. The molecule has 0 aliphatic heterocycles. The van der Waals surface area contributed by atoms with E-state index in [-0.39, 0.29) is 12.3 Å². The maximum atomic E-state index is 12.2. The van der Waals surface area contributed by atoms with Gasteiger partial charge in [0, 0.05) is 11.5 Å². The Morgan fingerprint density at radius 2 is 2.00 bits per heavy atom. The maximum absolute atomic E-state index is 12.2. The van der Waals surface area contributed by atoms with Gasteiger partial charge in [-0.05, 0) is 45.8 Å². The number of halogens is 1. The van der Waals surface area contributed by atoms with Gasteiger partial charge >= 0.3 is 0 Å². The molecule has 3 rings (SSSR count). The zero-order valence-corrected chi connectivity index (χ0v) is 15.1. The summed E-state index contributed by atoms with van der Waals surface area (Å²) >= 11 is 5.05. The van der Waals surface area contributed by atoms with Crippen LogP contribution in [-0.4, -0.2) is 17.6 Å². The zero-order chi connectivity index (χ0) is 16.4. The monoisotopic (exact) mass is 390 g/mol. The van der Waals surface area contributed by atoms with Crippen molar-refractivity contribution in [2.75, 3.05) is 7.11 Å². The van der Waals surface area contributed by atoms with E-state index in [1.165, 1.54) is 11.3 Å².